The van der Waals surface area contributed by atoms with Gasteiger partial charge in [-0.25, -0.2) is 0 Å². The SMILES string of the molecule is c1ccc(-c2cc3ccccc3c3cccnc23)nc1. The van der Waals surface area contributed by atoms with Gasteiger partial charge in [0, 0.05) is 23.3 Å². The van der Waals surface area contributed by atoms with Crippen molar-refractivity contribution in [3.05, 3.63) is 73.1 Å². The molecule has 0 aliphatic rings. The Hall–Kier alpha value is -2.74. The highest BCUT2D eigenvalue weighted by atomic mass is 14.7. The molecule has 20 heavy (non-hydrogen) atoms. The van der Waals surface area contributed by atoms with Crippen LogP contribution in [0.1, 0.15) is 0 Å². The zero-order valence-electron chi connectivity index (χ0n) is 10.8. The summed E-state index contributed by atoms with van der Waals surface area (Å²) in [6.45, 7) is 0. The van der Waals surface area contributed by atoms with Gasteiger partial charge in [-0.1, -0.05) is 36.4 Å². The molecule has 0 saturated carbocycles. The lowest BCUT2D eigenvalue weighted by molar-refractivity contribution is 1.32. The highest BCUT2D eigenvalue weighted by molar-refractivity contribution is 6.11. The van der Waals surface area contributed by atoms with Gasteiger partial charge in [0.2, 0.25) is 0 Å². The van der Waals surface area contributed by atoms with Gasteiger partial charge >= 0.3 is 0 Å². The lowest BCUT2D eigenvalue weighted by atomic mass is 9.99. The van der Waals surface area contributed by atoms with Gasteiger partial charge < -0.3 is 0 Å². The van der Waals surface area contributed by atoms with Crippen LogP contribution < -0.4 is 0 Å². The smallest absolute Gasteiger partial charge is 0.0802 e. The fourth-order valence-corrected chi connectivity index (χ4v) is 2.65. The van der Waals surface area contributed by atoms with Crippen LogP contribution in [0.5, 0.6) is 0 Å². The zero-order chi connectivity index (χ0) is 13.4. The molecule has 0 spiro atoms. The van der Waals surface area contributed by atoms with Gasteiger partial charge in [-0.2, -0.15) is 0 Å². The van der Waals surface area contributed by atoms with Crippen molar-refractivity contribution >= 4 is 21.7 Å². The molecule has 2 nitrogen and oxygen atoms in total. The van der Waals surface area contributed by atoms with Crippen molar-refractivity contribution in [1.29, 1.82) is 0 Å². The Kier molecular flexibility index (Phi) is 2.46. The van der Waals surface area contributed by atoms with Crippen LogP contribution in [0, 0.1) is 0 Å². The van der Waals surface area contributed by atoms with E-state index in [1.165, 1.54) is 16.2 Å². The van der Waals surface area contributed by atoms with Crippen LogP contribution in [0.4, 0.5) is 0 Å². The summed E-state index contributed by atoms with van der Waals surface area (Å²) in [6, 6.07) is 20.6. The number of hydrogen-bond acceptors (Lipinski definition) is 2. The first-order valence-corrected chi connectivity index (χ1v) is 6.61. The molecule has 94 valence electrons. The molecule has 2 heteroatoms. The van der Waals surface area contributed by atoms with Crippen LogP contribution in [-0.2, 0) is 0 Å². The second-order valence-electron chi connectivity index (χ2n) is 4.76. The first kappa shape index (κ1) is 11.1. The van der Waals surface area contributed by atoms with E-state index >= 15 is 0 Å². The van der Waals surface area contributed by atoms with Crippen molar-refractivity contribution in [2.24, 2.45) is 0 Å². The first-order valence-electron chi connectivity index (χ1n) is 6.61. The quantitative estimate of drug-likeness (QED) is 0.470. The van der Waals surface area contributed by atoms with E-state index in [1.807, 2.05) is 36.7 Å². The summed E-state index contributed by atoms with van der Waals surface area (Å²) < 4.78 is 0. The molecule has 0 aliphatic heterocycles. The summed E-state index contributed by atoms with van der Waals surface area (Å²) in [4.78, 5) is 9.03. The van der Waals surface area contributed by atoms with Gasteiger partial charge in [0.25, 0.3) is 0 Å². The molecule has 0 amide bonds. The molecule has 0 saturated heterocycles. The summed E-state index contributed by atoms with van der Waals surface area (Å²) >= 11 is 0. The lowest BCUT2D eigenvalue weighted by Gasteiger charge is -2.09. The summed E-state index contributed by atoms with van der Waals surface area (Å²) in [5, 5.41) is 3.62. The number of rotatable bonds is 1. The van der Waals surface area contributed by atoms with E-state index in [9.17, 15) is 0 Å². The van der Waals surface area contributed by atoms with Crippen LogP contribution in [0.15, 0.2) is 73.1 Å². The largest absolute Gasteiger partial charge is 0.256 e. The van der Waals surface area contributed by atoms with Gasteiger partial charge in [0.15, 0.2) is 0 Å². The Labute approximate surface area is 116 Å². The minimum atomic E-state index is 0.960. The van der Waals surface area contributed by atoms with Crippen molar-refractivity contribution in [2.75, 3.05) is 0 Å². The average Bonchev–Trinajstić information content (AvgIpc) is 2.55. The lowest BCUT2D eigenvalue weighted by Crippen LogP contribution is -1.88. The Morgan fingerprint density at radius 1 is 0.650 bits per heavy atom. The Morgan fingerprint density at radius 2 is 1.45 bits per heavy atom. The van der Waals surface area contributed by atoms with E-state index in [1.54, 1.807) is 0 Å². The topological polar surface area (TPSA) is 25.8 Å². The molecule has 0 fully saturated rings. The predicted octanol–water partition coefficient (Wildman–Crippen LogP) is 4.45. The molecular weight excluding hydrogens is 244 g/mol. The molecule has 2 heterocycles. The molecule has 0 radical (unpaired) electrons. The van der Waals surface area contributed by atoms with E-state index < -0.39 is 0 Å². The zero-order valence-corrected chi connectivity index (χ0v) is 10.8. The molecule has 4 rings (SSSR count). The summed E-state index contributed by atoms with van der Waals surface area (Å²) in [5.74, 6) is 0. The minimum Gasteiger partial charge on any atom is -0.256 e. The number of benzene rings is 2. The van der Waals surface area contributed by atoms with Gasteiger partial charge in [0.1, 0.15) is 0 Å². The van der Waals surface area contributed by atoms with Crippen LogP contribution in [-0.4, -0.2) is 9.97 Å². The van der Waals surface area contributed by atoms with Crippen LogP contribution in [0.3, 0.4) is 0 Å². The maximum absolute atomic E-state index is 4.57. The minimum absolute atomic E-state index is 0.960. The monoisotopic (exact) mass is 256 g/mol. The number of nitrogens with zero attached hydrogens (tertiary/aromatic N) is 2. The van der Waals surface area contributed by atoms with E-state index in [0.717, 1.165) is 16.8 Å². The summed E-state index contributed by atoms with van der Waals surface area (Å²) in [6.07, 6.45) is 3.66. The highest BCUT2D eigenvalue weighted by Crippen LogP contribution is 2.32. The van der Waals surface area contributed by atoms with Crippen molar-refractivity contribution < 1.29 is 0 Å². The van der Waals surface area contributed by atoms with Gasteiger partial charge in [0.05, 0.1) is 11.2 Å². The molecule has 4 aromatic rings. The highest BCUT2D eigenvalue weighted by Gasteiger charge is 2.09. The number of aromatic nitrogens is 2. The van der Waals surface area contributed by atoms with Crippen molar-refractivity contribution in [2.45, 2.75) is 0 Å². The van der Waals surface area contributed by atoms with Crippen LogP contribution in [0.25, 0.3) is 32.9 Å². The van der Waals surface area contributed by atoms with E-state index in [0.29, 0.717) is 0 Å². The maximum Gasteiger partial charge on any atom is 0.0802 e. The third-order valence-corrected chi connectivity index (χ3v) is 3.55. The van der Waals surface area contributed by atoms with Crippen molar-refractivity contribution in [3.63, 3.8) is 0 Å². The second-order valence-corrected chi connectivity index (χ2v) is 4.76. The fourth-order valence-electron chi connectivity index (χ4n) is 2.65. The third-order valence-electron chi connectivity index (χ3n) is 3.55. The molecule has 0 aliphatic carbocycles. The molecule has 0 bridgehead atoms. The van der Waals surface area contributed by atoms with Crippen LogP contribution >= 0.6 is 0 Å². The summed E-state index contributed by atoms with van der Waals surface area (Å²) in [7, 11) is 0. The second kappa shape index (κ2) is 4.42. The van der Waals surface area contributed by atoms with Gasteiger partial charge in [-0.15, -0.1) is 0 Å². The van der Waals surface area contributed by atoms with E-state index in [2.05, 4.69) is 46.4 Å². The molecule has 0 unspecified atom stereocenters. The first-order chi connectivity index (χ1) is 9.93. The maximum atomic E-state index is 4.57. The third kappa shape index (κ3) is 1.66. The Bertz CT molecular complexity index is 899. The molecule has 0 N–H and O–H groups in total. The normalized spacial score (nSPS) is 11.0. The predicted molar refractivity (Wildman–Crippen MR) is 82.5 cm³/mol. The molecular formula is C18H12N2. The van der Waals surface area contributed by atoms with Gasteiger partial charge in [-0.3, -0.25) is 9.97 Å². The Morgan fingerprint density at radius 3 is 2.35 bits per heavy atom. The van der Waals surface area contributed by atoms with E-state index in [4.69, 9.17) is 0 Å². The summed E-state index contributed by atoms with van der Waals surface area (Å²) in [5.41, 5.74) is 3.05. The standard InChI is InChI=1S/C18H12N2/c1-2-7-14-13(6-1)12-16(17-9-3-4-10-19-17)18-15(14)8-5-11-20-18/h1-12H. The number of pyridine rings is 2. The fraction of sp³-hybridized carbons (Fsp3) is 0. The van der Waals surface area contributed by atoms with E-state index in [-0.39, 0.29) is 0 Å². The van der Waals surface area contributed by atoms with Crippen LogP contribution in [0.2, 0.25) is 0 Å². The molecule has 2 aromatic heterocycles. The van der Waals surface area contributed by atoms with Crippen molar-refractivity contribution in [3.8, 4) is 11.3 Å². The van der Waals surface area contributed by atoms with Gasteiger partial charge in [-0.05, 0) is 35.0 Å². The number of hydrogen-bond donors (Lipinski definition) is 0. The molecule has 2 aromatic carbocycles. The van der Waals surface area contributed by atoms with Crippen molar-refractivity contribution in [1.82, 2.24) is 9.97 Å². The number of fused-ring (bicyclic) bond motifs is 3. The molecule has 0 atom stereocenters. The average molecular weight is 256 g/mol. The Balaban J connectivity index is 2.19.